The lowest BCUT2D eigenvalue weighted by Crippen LogP contribution is -2.07. The summed E-state index contributed by atoms with van der Waals surface area (Å²) in [4.78, 5) is 15.5. The molecule has 0 atom stereocenters. The highest BCUT2D eigenvalue weighted by atomic mass is 35.5. The molecule has 0 aliphatic carbocycles. The number of benzene rings is 1. The number of methoxy groups -OCH3 is 1. The zero-order valence-corrected chi connectivity index (χ0v) is 11.7. The van der Waals surface area contributed by atoms with E-state index in [1.54, 1.807) is 30.3 Å². The summed E-state index contributed by atoms with van der Waals surface area (Å²) in [5.74, 6) is -0.559. The molecule has 0 aliphatic rings. The number of carboxylic acids is 1. The molecule has 1 aromatic carbocycles. The summed E-state index contributed by atoms with van der Waals surface area (Å²) in [5, 5.41) is 13.7. The highest BCUT2D eigenvalue weighted by molar-refractivity contribution is 6.29. The van der Waals surface area contributed by atoms with Crippen molar-refractivity contribution in [3.05, 3.63) is 47.2 Å². The third kappa shape index (κ3) is 2.19. The Morgan fingerprint density at radius 1 is 1.38 bits per heavy atom. The number of carboxylic acid groups (broad SMARTS) is 1. The van der Waals surface area contributed by atoms with E-state index < -0.39 is 5.97 Å². The fourth-order valence-electron chi connectivity index (χ4n) is 2.16. The largest absolute Gasteiger partial charge is 0.496 e. The maximum atomic E-state index is 11.5. The van der Waals surface area contributed by atoms with Crippen LogP contribution in [0.2, 0.25) is 5.15 Å². The summed E-state index contributed by atoms with van der Waals surface area (Å²) in [6.07, 6.45) is 1.29. The van der Waals surface area contributed by atoms with E-state index in [-0.39, 0.29) is 10.7 Å². The molecular weight excluding hydrogens is 294 g/mol. The van der Waals surface area contributed by atoms with Gasteiger partial charge < -0.3 is 9.84 Å². The van der Waals surface area contributed by atoms with Crippen molar-refractivity contribution in [1.29, 1.82) is 0 Å². The van der Waals surface area contributed by atoms with Crippen LogP contribution < -0.4 is 4.74 Å². The van der Waals surface area contributed by atoms with Crippen molar-refractivity contribution in [3.63, 3.8) is 0 Å². The first-order chi connectivity index (χ1) is 10.1. The molecule has 0 saturated heterocycles. The molecular formula is C14H10ClN3O3. The maximum Gasteiger partial charge on any atom is 0.339 e. The summed E-state index contributed by atoms with van der Waals surface area (Å²) >= 11 is 5.90. The molecule has 3 rings (SSSR count). The lowest BCUT2D eigenvalue weighted by Gasteiger charge is -2.12. The molecule has 0 spiro atoms. The standard InChI is InChI=1S/C14H10ClN3O3/c1-21-10-5-3-2-4-8(10)13-9(14(19)20)7-16-12-6-11(15)17-18(12)13/h2-7H,1H3,(H,19,20). The van der Waals surface area contributed by atoms with Crippen LogP contribution in [0, 0.1) is 0 Å². The van der Waals surface area contributed by atoms with Gasteiger partial charge in [0.1, 0.15) is 11.3 Å². The minimum atomic E-state index is -1.10. The molecule has 0 amide bonds. The fraction of sp³-hybridized carbons (Fsp3) is 0.0714. The smallest absolute Gasteiger partial charge is 0.339 e. The monoisotopic (exact) mass is 303 g/mol. The van der Waals surface area contributed by atoms with Crippen LogP contribution in [0.25, 0.3) is 16.9 Å². The van der Waals surface area contributed by atoms with Crippen LogP contribution in [0.3, 0.4) is 0 Å². The highest BCUT2D eigenvalue weighted by Gasteiger charge is 2.20. The van der Waals surface area contributed by atoms with Crippen molar-refractivity contribution in [2.45, 2.75) is 0 Å². The number of aromatic nitrogens is 3. The number of para-hydroxylation sites is 1. The molecule has 2 aromatic heterocycles. The molecule has 0 unspecified atom stereocenters. The van der Waals surface area contributed by atoms with E-state index in [2.05, 4.69) is 10.1 Å². The minimum absolute atomic E-state index is 0.0202. The lowest BCUT2D eigenvalue weighted by molar-refractivity contribution is 0.0696. The molecule has 0 fully saturated rings. The van der Waals surface area contributed by atoms with E-state index >= 15 is 0 Å². The first-order valence-corrected chi connectivity index (χ1v) is 6.40. The average molecular weight is 304 g/mol. The first-order valence-electron chi connectivity index (χ1n) is 6.03. The van der Waals surface area contributed by atoms with Gasteiger partial charge in [-0.25, -0.2) is 14.3 Å². The fourth-order valence-corrected chi connectivity index (χ4v) is 2.33. The highest BCUT2D eigenvalue weighted by Crippen LogP contribution is 2.32. The SMILES string of the molecule is COc1ccccc1-c1c(C(=O)O)cnc2cc(Cl)nn12. The third-order valence-corrected chi connectivity index (χ3v) is 3.23. The van der Waals surface area contributed by atoms with Gasteiger partial charge in [0.2, 0.25) is 0 Å². The average Bonchev–Trinajstić information content (AvgIpc) is 2.86. The molecule has 2 heterocycles. The van der Waals surface area contributed by atoms with Crippen LogP contribution in [0.4, 0.5) is 0 Å². The Labute approximate surface area is 124 Å². The predicted molar refractivity (Wildman–Crippen MR) is 76.9 cm³/mol. The van der Waals surface area contributed by atoms with Crippen molar-refractivity contribution in [2.75, 3.05) is 7.11 Å². The zero-order valence-electron chi connectivity index (χ0n) is 10.9. The Morgan fingerprint density at radius 3 is 2.86 bits per heavy atom. The molecule has 0 aliphatic heterocycles. The van der Waals surface area contributed by atoms with Gasteiger partial charge in [0.15, 0.2) is 10.8 Å². The molecule has 0 saturated carbocycles. The Balaban J connectivity index is 2.43. The van der Waals surface area contributed by atoms with Gasteiger partial charge in [0.05, 0.1) is 12.8 Å². The van der Waals surface area contributed by atoms with Gasteiger partial charge in [0.25, 0.3) is 0 Å². The molecule has 0 bridgehead atoms. The normalized spacial score (nSPS) is 10.8. The van der Waals surface area contributed by atoms with Crippen molar-refractivity contribution in [1.82, 2.24) is 14.6 Å². The van der Waals surface area contributed by atoms with Crippen LogP contribution in [0.15, 0.2) is 36.5 Å². The van der Waals surface area contributed by atoms with E-state index in [1.165, 1.54) is 17.8 Å². The number of ether oxygens (including phenoxy) is 1. The van der Waals surface area contributed by atoms with E-state index in [1.807, 2.05) is 0 Å². The van der Waals surface area contributed by atoms with Crippen molar-refractivity contribution < 1.29 is 14.6 Å². The predicted octanol–water partition coefficient (Wildman–Crippen LogP) is 2.76. The summed E-state index contributed by atoms with van der Waals surface area (Å²) in [5.41, 5.74) is 1.46. The van der Waals surface area contributed by atoms with Crippen molar-refractivity contribution in [3.8, 4) is 17.0 Å². The topological polar surface area (TPSA) is 76.7 Å². The number of hydrogen-bond acceptors (Lipinski definition) is 4. The van der Waals surface area contributed by atoms with E-state index in [0.717, 1.165) is 0 Å². The Bertz CT molecular complexity index is 845. The second-order valence-corrected chi connectivity index (χ2v) is 4.65. The van der Waals surface area contributed by atoms with Crippen LogP contribution >= 0.6 is 11.6 Å². The zero-order chi connectivity index (χ0) is 15.0. The summed E-state index contributed by atoms with van der Waals surface area (Å²) in [6, 6.07) is 8.66. The molecule has 21 heavy (non-hydrogen) atoms. The Hall–Kier alpha value is -2.60. The van der Waals surface area contributed by atoms with Gasteiger partial charge in [-0.05, 0) is 12.1 Å². The number of nitrogens with zero attached hydrogens (tertiary/aromatic N) is 3. The lowest BCUT2D eigenvalue weighted by atomic mass is 10.1. The van der Waals surface area contributed by atoms with E-state index in [0.29, 0.717) is 22.7 Å². The van der Waals surface area contributed by atoms with Crippen molar-refractivity contribution in [2.24, 2.45) is 0 Å². The number of fused-ring (bicyclic) bond motifs is 1. The van der Waals surface area contributed by atoms with Gasteiger partial charge in [-0.2, -0.15) is 5.10 Å². The molecule has 1 N–H and O–H groups in total. The Kier molecular flexibility index (Phi) is 3.23. The molecule has 6 nitrogen and oxygen atoms in total. The molecule has 106 valence electrons. The number of hydrogen-bond donors (Lipinski definition) is 1. The molecule has 0 radical (unpaired) electrons. The maximum absolute atomic E-state index is 11.5. The van der Waals surface area contributed by atoms with Gasteiger partial charge in [-0.1, -0.05) is 23.7 Å². The second kappa shape index (κ2) is 5.06. The van der Waals surface area contributed by atoms with Crippen LogP contribution in [-0.4, -0.2) is 32.8 Å². The van der Waals surface area contributed by atoms with Gasteiger partial charge in [-0.15, -0.1) is 0 Å². The van der Waals surface area contributed by atoms with Gasteiger partial charge in [-0.3, -0.25) is 0 Å². The minimum Gasteiger partial charge on any atom is -0.496 e. The summed E-state index contributed by atoms with van der Waals surface area (Å²) < 4.78 is 6.71. The Morgan fingerprint density at radius 2 is 2.14 bits per heavy atom. The number of carbonyl (C=O) groups is 1. The number of aromatic carboxylic acids is 1. The summed E-state index contributed by atoms with van der Waals surface area (Å²) in [6.45, 7) is 0. The van der Waals surface area contributed by atoms with Crippen LogP contribution in [0.1, 0.15) is 10.4 Å². The quantitative estimate of drug-likeness (QED) is 0.805. The van der Waals surface area contributed by atoms with Crippen molar-refractivity contribution >= 4 is 23.2 Å². The second-order valence-electron chi connectivity index (χ2n) is 4.26. The number of rotatable bonds is 3. The third-order valence-electron chi connectivity index (χ3n) is 3.05. The molecule has 3 aromatic rings. The van der Waals surface area contributed by atoms with E-state index in [4.69, 9.17) is 16.3 Å². The van der Waals surface area contributed by atoms with Gasteiger partial charge >= 0.3 is 5.97 Å². The van der Waals surface area contributed by atoms with Gasteiger partial charge in [0, 0.05) is 17.8 Å². The number of halogens is 1. The summed E-state index contributed by atoms with van der Waals surface area (Å²) in [7, 11) is 1.52. The van der Waals surface area contributed by atoms with E-state index in [9.17, 15) is 9.90 Å². The van der Waals surface area contributed by atoms with Crippen LogP contribution in [-0.2, 0) is 0 Å². The van der Waals surface area contributed by atoms with Crippen LogP contribution in [0.5, 0.6) is 5.75 Å². The molecule has 7 heteroatoms. The first kappa shape index (κ1) is 13.4.